The Bertz CT molecular complexity index is 1210. The highest BCUT2D eigenvalue weighted by molar-refractivity contribution is 5.97. The molecule has 29 heavy (non-hydrogen) atoms. The molecule has 0 fully saturated rings. The number of phenolic OH excluding ortho intramolecular Hbond substituents is 1. The predicted molar refractivity (Wildman–Crippen MR) is 119 cm³/mol. The number of phenols is 1. The number of hydrogen-bond acceptors (Lipinski definition) is 4. The van der Waals surface area contributed by atoms with E-state index in [2.05, 4.69) is 12.7 Å². The Morgan fingerprint density at radius 3 is 2.52 bits per heavy atom. The van der Waals surface area contributed by atoms with Crippen molar-refractivity contribution in [2.45, 2.75) is 53.1 Å². The third-order valence-electron chi connectivity index (χ3n) is 5.62. The molecule has 2 N–H and O–H groups in total. The van der Waals surface area contributed by atoms with E-state index in [-0.39, 0.29) is 23.2 Å². The van der Waals surface area contributed by atoms with Crippen molar-refractivity contribution < 1.29 is 14.6 Å². The summed E-state index contributed by atoms with van der Waals surface area (Å²) in [6, 6.07) is 5.16. The second-order valence-electron chi connectivity index (χ2n) is 8.32. The molecule has 3 rings (SSSR count). The Balaban J connectivity index is 2.61. The van der Waals surface area contributed by atoms with Gasteiger partial charge in [-0.15, -0.1) is 6.58 Å². The number of aromatic hydroxyl groups is 1. The van der Waals surface area contributed by atoms with Gasteiger partial charge in [-0.2, -0.15) is 0 Å². The Labute approximate surface area is 170 Å². The molecule has 0 amide bonds. The van der Waals surface area contributed by atoms with Crippen LogP contribution in [0.4, 0.5) is 0 Å². The summed E-state index contributed by atoms with van der Waals surface area (Å²) in [6.07, 6.45) is 4.44. The van der Waals surface area contributed by atoms with Gasteiger partial charge in [0.25, 0.3) is 0 Å². The molecule has 0 spiro atoms. The second-order valence-corrected chi connectivity index (χ2v) is 8.32. The fraction of sp³-hybridized carbons (Fsp3) is 0.320. The average Bonchev–Trinajstić information content (AvgIpc) is 2.66. The summed E-state index contributed by atoms with van der Waals surface area (Å²) in [5, 5.41) is 21.4. The van der Waals surface area contributed by atoms with Gasteiger partial charge >= 0.3 is 0 Å². The molecular weight excluding hydrogens is 364 g/mol. The lowest BCUT2D eigenvalue weighted by molar-refractivity contribution is 0.283. The van der Waals surface area contributed by atoms with Gasteiger partial charge in [0.2, 0.25) is 5.43 Å². The highest BCUT2D eigenvalue weighted by atomic mass is 16.3. The van der Waals surface area contributed by atoms with Crippen LogP contribution in [0.3, 0.4) is 0 Å². The van der Waals surface area contributed by atoms with Gasteiger partial charge < -0.3 is 14.6 Å². The summed E-state index contributed by atoms with van der Waals surface area (Å²) in [6.45, 7) is 13.5. The molecule has 4 nitrogen and oxygen atoms in total. The normalized spacial score (nSPS) is 11.8. The highest BCUT2D eigenvalue weighted by Crippen LogP contribution is 2.42. The molecule has 0 aliphatic heterocycles. The van der Waals surface area contributed by atoms with Crippen LogP contribution in [-0.2, 0) is 18.4 Å². The quantitative estimate of drug-likeness (QED) is 0.449. The van der Waals surface area contributed by atoms with Crippen molar-refractivity contribution in [1.82, 2.24) is 0 Å². The van der Waals surface area contributed by atoms with Crippen molar-refractivity contribution in [3.63, 3.8) is 0 Å². The van der Waals surface area contributed by atoms with Gasteiger partial charge in [0.15, 0.2) is 0 Å². The second kappa shape index (κ2) is 7.53. The highest BCUT2D eigenvalue weighted by Gasteiger charge is 2.29. The number of aliphatic hydroxyl groups excluding tert-OH is 1. The van der Waals surface area contributed by atoms with Gasteiger partial charge in [-0.05, 0) is 44.4 Å². The number of hydrogen-bond donors (Lipinski definition) is 2. The average molecular weight is 392 g/mol. The molecule has 2 aromatic carbocycles. The van der Waals surface area contributed by atoms with Crippen LogP contribution >= 0.6 is 0 Å². The first kappa shape index (κ1) is 20.9. The molecule has 0 aliphatic carbocycles. The van der Waals surface area contributed by atoms with Crippen LogP contribution in [0.2, 0.25) is 0 Å². The van der Waals surface area contributed by atoms with Gasteiger partial charge in [-0.3, -0.25) is 4.79 Å². The maximum Gasteiger partial charge on any atom is 0.204 e. The van der Waals surface area contributed by atoms with Crippen LogP contribution in [-0.4, -0.2) is 10.2 Å². The number of aliphatic hydroxyl groups is 1. The van der Waals surface area contributed by atoms with E-state index < -0.39 is 5.41 Å². The standard InChI is InChI=1S/C25H28O4/c1-7-25(5,6)21-15(4)17(12-11-14(2)3)24-20(23(21)28)22(27)19-16(13-26)9-8-10-18(19)29-24/h7-11,26,28H,1,12-13H2,2-6H3. The molecule has 0 radical (unpaired) electrons. The lowest BCUT2D eigenvalue weighted by Crippen LogP contribution is -2.18. The van der Waals surface area contributed by atoms with Gasteiger partial charge in [0.1, 0.15) is 22.3 Å². The van der Waals surface area contributed by atoms with Crippen molar-refractivity contribution in [2.24, 2.45) is 0 Å². The van der Waals surface area contributed by atoms with Gasteiger partial charge in [-0.1, -0.05) is 43.7 Å². The van der Waals surface area contributed by atoms with E-state index in [1.165, 1.54) is 0 Å². The lowest BCUT2D eigenvalue weighted by Gasteiger charge is -2.26. The SMILES string of the molecule is C=CC(C)(C)c1c(C)c(CC=C(C)C)c2oc3cccc(CO)c3c(=O)c2c1O. The van der Waals surface area contributed by atoms with E-state index in [0.29, 0.717) is 34.1 Å². The summed E-state index contributed by atoms with van der Waals surface area (Å²) in [5.41, 5.74) is 3.99. The molecule has 0 aliphatic rings. The molecule has 4 heteroatoms. The van der Waals surface area contributed by atoms with Crippen molar-refractivity contribution >= 4 is 21.9 Å². The van der Waals surface area contributed by atoms with E-state index in [4.69, 9.17) is 4.42 Å². The Morgan fingerprint density at radius 1 is 1.24 bits per heavy atom. The Kier molecular flexibility index (Phi) is 5.42. The van der Waals surface area contributed by atoms with Crippen molar-refractivity contribution in [3.8, 4) is 5.75 Å². The maximum atomic E-state index is 13.5. The summed E-state index contributed by atoms with van der Waals surface area (Å²) >= 11 is 0. The molecule has 0 unspecified atom stereocenters. The van der Waals surface area contributed by atoms with E-state index in [0.717, 1.165) is 16.7 Å². The van der Waals surface area contributed by atoms with Crippen LogP contribution in [0.1, 0.15) is 49.9 Å². The monoisotopic (exact) mass is 392 g/mol. The number of rotatable bonds is 5. The Hall–Kier alpha value is -2.85. The smallest absolute Gasteiger partial charge is 0.204 e. The minimum Gasteiger partial charge on any atom is -0.507 e. The van der Waals surface area contributed by atoms with Crippen LogP contribution in [0.15, 0.2) is 51.7 Å². The Morgan fingerprint density at radius 2 is 1.93 bits per heavy atom. The third-order valence-corrected chi connectivity index (χ3v) is 5.62. The fourth-order valence-corrected chi connectivity index (χ4v) is 3.93. The van der Waals surface area contributed by atoms with E-state index in [1.54, 1.807) is 24.3 Å². The van der Waals surface area contributed by atoms with E-state index >= 15 is 0 Å². The first-order valence-corrected chi connectivity index (χ1v) is 9.75. The largest absolute Gasteiger partial charge is 0.507 e. The van der Waals surface area contributed by atoms with Crippen LogP contribution in [0, 0.1) is 6.92 Å². The summed E-state index contributed by atoms with van der Waals surface area (Å²) in [4.78, 5) is 13.5. The van der Waals surface area contributed by atoms with Crippen LogP contribution in [0.5, 0.6) is 5.75 Å². The number of fused-ring (bicyclic) bond motifs is 2. The zero-order valence-electron chi connectivity index (χ0n) is 17.7. The zero-order chi connectivity index (χ0) is 21.5. The molecule has 0 atom stereocenters. The molecule has 152 valence electrons. The van der Waals surface area contributed by atoms with Crippen LogP contribution < -0.4 is 5.43 Å². The molecule has 0 saturated carbocycles. The van der Waals surface area contributed by atoms with Gasteiger partial charge in [0.05, 0.1) is 12.0 Å². The van der Waals surface area contributed by atoms with Gasteiger partial charge in [-0.25, -0.2) is 0 Å². The number of benzene rings is 2. The lowest BCUT2D eigenvalue weighted by atomic mass is 9.78. The topological polar surface area (TPSA) is 70.7 Å². The molecule has 0 bridgehead atoms. The van der Waals surface area contributed by atoms with E-state index in [1.807, 2.05) is 34.6 Å². The molecule has 1 aromatic heterocycles. The van der Waals surface area contributed by atoms with Crippen molar-refractivity contribution in [1.29, 1.82) is 0 Å². The predicted octanol–water partition coefficient (Wildman–Crippen LogP) is 5.42. The zero-order valence-corrected chi connectivity index (χ0v) is 17.7. The molecule has 0 saturated heterocycles. The summed E-state index contributed by atoms with van der Waals surface area (Å²) in [5.74, 6) is -0.0771. The minimum absolute atomic E-state index is 0.0771. The van der Waals surface area contributed by atoms with Crippen LogP contribution in [0.25, 0.3) is 21.9 Å². The first-order chi connectivity index (χ1) is 13.6. The third kappa shape index (κ3) is 3.38. The first-order valence-electron chi connectivity index (χ1n) is 9.75. The summed E-state index contributed by atoms with van der Waals surface area (Å²) < 4.78 is 6.17. The summed E-state index contributed by atoms with van der Waals surface area (Å²) in [7, 11) is 0. The van der Waals surface area contributed by atoms with Crippen molar-refractivity contribution in [3.05, 3.63) is 75.0 Å². The van der Waals surface area contributed by atoms with E-state index in [9.17, 15) is 15.0 Å². The van der Waals surface area contributed by atoms with Gasteiger partial charge in [0, 0.05) is 16.5 Å². The fourth-order valence-electron chi connectivity index (χ4n) is 3.93. The molecule has 1 heterocycles. The molecule has 3 aromatic rings. The van der Waals surface area contributed by atoms with Crippen molar-refractivity contribution in [2.75, 3.05) is 0 Å². The number of allylic oxidation sites excluding steroid dienone is 3. The molecular formula is C25H28O4. The minimum atomic E-state index is -0.542. The maximum absolute atomic E-state index is 13.5.